The second-order valence-electron chi connectivity index (χ2n) is 6.69. The number of nitrogens with zero attached hydrogens (tertiary/aromatic N) is 4. The summed E-state index contributed by atoms with van der Waals surface area (Å²) in [6.45, 7) is 3.21. The van der Waals surface area contributed by atoms with E-state index in [9.17, 15) is 14.4 Å². The lowest BCUT2D eigenvalue weighted by atomic mass is 10.3. The topological polar surface area (TPSA) is 64.2 Å². The van der Waals surface area contributed by atoms with Gasteiger partial charge in [-0.1, -0.05) is 0 Å². The zero-order valence-corrected chi connectivity index (χ0v) is 16.3. The summed E-state index contributed by atoms with van der Waals surface area (Å²) in [6.07, 6.45) is 0.944. The van der Waals surface area contributed by atoms with E-state index >= 15 is 0 Å². The lowest BCUT2D eigenvalue weighted by Crippen LogP contribution is -2.45. The third-order valence-electron chi connectivity index (χ3n) is 4.92. The van der Waals surface area contributed by atoms with Crippen molar-refractivity contribution in [3.63, 3.8) is 0 Å². The first kappa shape index (κ1) is 18.8. The number of amides is 4. The standard InChI is InChI=1S/C16H26N4O3S2/c1-17-9-15(22)20(16(17)23)10-14(21)19-4-2-3-18(5-6-19)13-11-24-7-8-25-12-13/h13H,2-12H2,1H3. The minimum atomic E-state index is -0.373. The summed E-state index contributed by atoms with van der Waals surface area (Å²) < 4.78 is 0. The molecule has 7 nitrogen and oxygen atoms in total. The van der Waals surface area contributed by atoms with Crippen molar-refractivity contribution in [2.24, 2.45) is 0 Å². The van der Waals surface area contributed by atoms with Crippen LogP contribution in [0, 0.1) is 0 Å². The average Bonchev–Trinajstić information content (AvgIpc) is 2.90. The van der Waals surface area contributed by atoms with Crippen molar-refractivity contribution < 1.29 is 14.4 Å². The molecule has 3 aliphatic heterocycles. The van der Waals surface area contributed by atoms with Crippen molar-refractivity contribution in [1.29, 1.82) is 0 Å². The first-order valence-electron chi connectivity index (χ1n) is 8.79. The lowest BCUT2D eigenvalue weighted by molar-refractivity contribution is -0.136. The van der Waals surface area contributed by atoms with Gasteiger partial charge in [0.2, 0.25) is 5.91 Å². The Balaban J connectivity index is 1.53. The lowest BCUT2D eigenvalue weighted by Gasteiger charge is -2.29. The van der Waals surface area contributed by atoms with Crippen LogP contribution in [-0.2, 0) is 9.59 Å². The molecule has 3 fully saturated rings. The number of imide groups is 1. The van der Waals surface area contributed by atoms with Crippen LogP contribution in [0.3, 0.4) is 0 Å². The highest BCUT2D eigenvalue weighted by Gasteiger charge is 2.36. The van der Waals surface area contributed by atoms with E-state index in [4.69, 9.17) is 0 Å². The number of hydrogen-bond acceptors (Lipinski definition) is 6. The molecular weight excluding hydrogens is 360 g/mol. The molecular formula is C16H26N4O3S2. The number of hydrogen-bond donors (Lipinski definition) is 0. The summed E-state index contributed by atoms with van der Waals surface area (Å²) in [5, 5.41) is 0. The zero-order valence-electron chi connectivity index (χ0n) is 14.7. The molecule has 3 heterocycles. The minimum Gasteiger partial charge on any atom is -0.340 e. The quantitative estimate of drug-likeness (QED) is 0.649. The Morgan fingerprint density at radius 1 is 1.08 bits per heavy atom. The van der Waals surface area contributed by atoms with E-state index < -0.39 is 0 Å². The van der Waals surface area contributed by atoms with Gasteiger partial charge in [0.15, 0.2) is 0 Å². The fourth-order valence-electron chi connectivity index (χ4n) is 3.43. The summed E-state index contributed by atoms with van der Waals surface area (Å²) in [6, 6.07) is 0.213. The molecule has 0 bridgehead atoms. The number of urea groups is 1. The summed E-state index contributed by atoms with van der Waals surface area (Å²) in [5.41, 5.74) is 0. The van der Waals surface area contributed by atoms with Gasteiger partial charge in [0.1, 0.15) is 13.1 Å². The molecule has 3 saturated heterocycles. The summed E-state index contributed by atoms with van der Waals surface area (Å²) in [5.74, 6) is 4.39. The van der Waals surface area contributed by atoms with Gasteiger partial charge in [-0.2, -0.15) is 23.5 Å². The minimum absolute atomic E-state index is 0.0664. The molecule has 0 N–H and O–H groups in total. The Labute approximate surface area is 157 Å². The molecule has 3 aliphatic rings. The Kier molecular flexibility index (Phi) is 6.51. The fraction of sp³-hybridized carbons (Fsp3) is 0.812. The highest BCUT2D eigenvalue weighted by Crippen LogP contribution is 2.21. The third kappa shape index (κ3) is 4.62. The van der Waals surface area contributed by atoms with Crippen molar-refractivity contribution in [2.75, 3.05) is 69.3 Å². The fourth-order valence-corrected chi connectivity index (χ4v) is 6.05. The van der Waals surface area contributed by atoms with E-state index in [1.165, 1.54) is 27.9 Å². The van der Waals surface area contributed by atoms with Crippen LogP contribution in [0.4, 0.5) is 4.79 Å². The van der Waals surface area contributed by atoms with Gasteiger partial charge in [-0.3, -0.25) is 19.4 Å². The molecule has 0 atom stereocenters. The number of likely N-dealkylation sites (N-methyl/N-ethyl adjacent to an activating group) is 1. The maximum Gasteiger partial charge on any atom is 0.327 e. The van der Waals surface area contributed by atoms with Crippen molar-refractivity contribution in [1.82, 2.24) is 19.6 Å². The van der Waals surface area contributed by atoms with E-state index in [0.29, 0.717) is 19.1 Å². The van der Waals surface area contributed by atoms with Gasteiger partial charge in [0.25, 0.3) is 5.91 Å². The van der Waals surface area contributed by atoms with E-state index in [0.717, 1.165) is 24.4 Å². The van der Waals surface area contributed by atoms with Crippen LogP contribution in [0.2, 0.25) is 0 Å². The molecule has 0 aromatic heterocycles. The van der Waals surface area contributed by atoms with E-state index in [1.807, 2.05) is 28.4 Å². The van der Waals surface area contributed by atoms with Gasteiger partial charge in [-0.05, 0) is 6.42 Å². The van der Waals surface area contributed by atoms with Crippen LogP contribution < -0.4 is 0 Å². The summed E-state index contributed by atoms with van der Waals surface area (Å²) in [7, 11) is 1.58. The van der Waals surface area contributed by atoms with Crippen LogP contribution in [0.5, 0.6) is 0 Å². The Bertz CT molecular complexity index is 526. The molecule has 0 spiro atoms. The molecule has 0 aliphatic carbocycles. The molecule has 0 unspecified atom stereocenters. The average molecular weight is 387 g/mol. The number of carbonyl (C=O) groups excluding carboxylic acids is 3. The molecule has 25 heavy (non-hydrogen) atoms. The van der Waals surface area contributed by atoms with Crippen LogP contribution in [0.1, 0.15) is 6.42 Å². The van der Waals surface area contributed by atoms with Gasteiger partial charge in [0, 0.05) is 62.3 Å². The van der Waals surface area contributed by atoms with Crippen LogP contribution in [-0.4, -0.2) is 113 Å². The Hall–Kier alpha value is -0.930. The van der Waals surface area contributed by atoms with Crippen LogP contribution in [0.25, 0.3) is 0 Å². The normalized spacial score (nSPS) is 24.6. The number of rotatable bonds is 3. The smallest absolute Gasteiger partial charge is 0.327 e. The first-order chi connectivity index (χ1) is 12.1. The summed E-state index contributed by atoms with van der Waals surface area (Å²) >= 11 is 4.05. The van der Waals surface area contributed by atoms with Gasteiger partial charge < -0.3 is 9.80 Å². The predicted octanol–water partition coefficient (Wildman–Crippen LogP) is 0.263. The highest BCUT2D eigenvalue weighted by atomic mass is 32.2. The maximum absolute atomic E-state index is 12.6. The van der Waals surface area contributed by atoms with E-state index in [1.54, 1.807) is 7.05 Å². The molecule has 0 aromatic carbocycles. The number of thioether (sulfide) groups is 2. The molecule has 3 rings (SSSR count). The molecule has 140 valence electrons. The van der Waals surface area contributed by atoms with Gasteiger partial charge in [-0.15, -0.1) is 0 Å². The third-order valence-corrected chi connectivity index (χ3v) is 7.40. The van der Waals surface area contributed by atoms with Gasteiger partial charge >= 0.3 is 6.03 Å². The van der Waals surface area contributed by atoms with Gasteiger partial charge in [0.05, 0.1) is 0 Å². The molecule has 0 aromatic rings. The number of carbonyl (C=O) groups is 3. The van der Waals surface area contributed by atoms with E-state index in [2.05, 4.69) is 4.90 Å². The van der Waals surface area contributed by atoms with Crippen molar-refractivity contribution in [3.05, 3.63) is 0 Å². The first-order valence-corrected chi connectivity index (χ1v) is 11.1. The molecule has 0 radical (unpaired) electrons. The second-order valence-corrected chi connectivity index (χ2v) is 8.99. The van der Waals surface area contributed by atoms with Crippen molar-refractivity contribution in [2.45, 2.75) is 12.5 Å². The predicted molar refractivity (Wildman–Crippen MR) is 101 cm³/mol. The highest BCUT2D eigenvalue weighted by molar-refractivity contribution is 8.03. The van der Waals surface area contributed by atoms with Crippen molar-refractivity contribution in [3.8, 4) is 0 Å². The van der Waals surface area contributed by atoms with E-state index in [-0.39, 0.29) is 30.9 Å². The Morgan fingerprint density at radius 3 is 2.44 bits per heavy atom. The molecule has 4 amide bonds. The monoisotopic (exact) mass is 386 g/mol. The van der Waals surface area contributed by atoms with Gasteiger partial charge in [-0.25, -0.2) is 4.79 Å². The molecule has 0 saturated carbocycles. The molecule has 9 heteroatoms. The summed E-state index contributed by atoms with van der Waals surface area (Å²) in [4.78, 5) is 43.1. The second kappa shape index (κ2) is 8.64. The van der Waals surface area contributed by atoms with Crippen molar-refractivity contribution >= 4 is 41.4 Å². The maximum atomic E-state index is 12.6. The Morgan fingerprint density at radius 2 is 1.80 bits per heavy atom. The SMILES string of the molecule is CN1CC(=O)N(CC(=O)N2CCCN(C3CSCCSC3)CC2)C1=O. The van der Waals surface area contributed by atoms with Crippen LogP contribution in [0.15, 0.2) is 0 Å². The van der Waals surface area contributed by atoms with Crippen LogP contribution >= 0.6 is 23.5 Å². The zero-order chi connectivity index (χ0) is 17.8. The largest absolute Gasteiger partial charge is 0.340 e.